The Kier molecular flexibility index (Phi) is 32.2. The molecule has 7 aromatic rings. The molecule has 74 heavy (non-hydrogen) atoms. The van der Waals surface area contributed by atoms with Crippen LogP contribution in [-0.4, -0.2) is 65.3 Å². The highest BCUT2D eigenvalue weighted by Crippen LogP contribution is 2.25. The molecule has 0 aliphatic heterocycles. The van der Waals surface area contributed by atoms with Gasteiger partial charge in [0, 0.05) is 28.4 Å². The van der Waals surface area contributed by atoms with Crippen LogP contribution in [0.2, 0.25) is 0 Å². The van der Waals surface area contributed by atoms with E-state index in [0.717, 1.165) is 16.7 Å². The quantitative estimate of drug-likeness (QED) is 0.111. The van der Waals surface area contributed by atoms with Crippen molar-refractivity contribution >= 4 is 89.6 Å². The zero-order valence-electron chi connectivity index (χ0n) is 38.7. The van der Waals surface area contributed by atoms with E-state index in [1.54, 1.807) is 122 Å². The Bertz CT molecular complexity index is 3200. The third-order valence-corrected chi connectivity index (χ3v) is 14.7. The maximum atomic E-state index is 12.6. The number of aryl methyl sites for hydroxylation is 1. The molecule has 0 spiro atoms. The molecule has 0 radical (unpaired) electrons. The Morgan fingerprint density at radius 1 is 0.419 bits per heavy atom. The molecule has 0 bridgehead atoms. The van der Waals surface area contributed by atoms with E-state index in [0.29, 0.717) is 22.9 Å². The predicted molar refractivity (Wildman–Crippen MR) is 267 cm³/mol. The van der Waals surface area contributed by atoms with Gasteiger partial charge in [0.2, 0.25) is 0 Å². The maximum absolute atomic E-state index is 12.6. The van der Waals surface area contributed by atoms with Gasteiger partial charge in [0.1, 0.15) is 12.4 Å². The first kappa shape index (κ1) is 66.0. The number of sulfone groups is 1. The summed E-state index contributed by atoms with van der Waals surface area (Å²) in [5.41, 5.74) is 3.56. The van der Waals surface area contributed by atoms with Gasteiger partial charge in [-0.2, -0.15) is 38.4 Å². The Hall–Kier alpha value is -7.96. The van der Waals surface area contributed by atoms with Crippen LogP contribution in [0.4, 0.5) is 5.69 Å². The van der Waals surface area contributed by atoms with Gasteiger partial charge < -0.3 is 4.74 Å². The summed E-state index contributed by atoms with van der Waals surface area (Å²) < 4.78 is 98.9. The molecule has 0 aliphatic rings. The number of hydrogen-bond donors (Lipinski definition) is 0. The average molecular weight is 1130 g/mol. The van der Waals surface area contributed by atoms with Gasteiger partial charge in [0.25, 0.3) is 28.1 Å². The number of nitrogens with zero attached hydrogens (tertiary/aromatic N) is 1. The number of halogens is 2. The minimum absolute atomic E-state index is 0.0543. The van der Waals surface area contributed by atoms with Crippen LogP contribution in [0.5, 0.6) is 5.75 Å². The normalized spacial score (nSPS) is 9.84. The number of anilines is 1. The van der Waals surface area contributed by atoms with Crippen LogP contribution in [-0.2, 0) is 88.7 Å². The second-order valence-corrected chi connectivity index (χ2v) is 22.5. The molecule has 0 unspecified atom stereocenters. The Morgan fingerprint density at radius 2 is 0.743 bits per heavy atom. The van der Waals surface area contributed by atoms with E-state index in [-0.39, 0.29) is 45.0 Å². The summed E-state index contributed by atoms with van der Waals surface area (Å²) in [6, 6.07) is 57.1. The van der Waals surface area contributed by atoms with Crippen molar-refractivity contribution in [1.82, 2.24) is 0 Å². The minimum atomic E-state index is -3.57. The minimum Gasteiger partial charge on any atom is -0.489 e. The lowest BCUT2D eigenvalue weighted by Gasteiger charge is -2.19. The lowest BCUT2D eigenvalue weighted by atomic mass is 10.2. The van der Waals surface area contributed by atoms with Gasteiger partial charge >= 0.3 is 24.6 Å². The Labute approximate surface area is 436 Å². The van der Waals surface area contributed by atoms with Crippen LogP contribution in [0.1, 0.15) is 16.7 Å². The fourth-order valence-corrected chi connectivity index (χ4v) is 9.44. The number of sulfonamides is 1. The zero-order valence-corrected chi connectivity index (χ0v) is 43.5. The lowest BCUT2D eigenvalue weighted by molar-refractivity contribution is -0.193. The van der Waals surface area contributed by atoms with Gasteiger partial charge in [-0.05, 0) is 90.8 Å². The third-order valence-electron chi connectivity index (χ3n) is 8.44. The van der Waals surface area contributed by atoms with E-state index in [9.17, 15) is 33.7 Å². The van der Waals surface area contributed by atoms with Crippen LogP contribution < -0.4 is 9.04 Å². The van der Waals surface area contributed by atoms with Crippen molar-refractivity contribution in [2.24, 2.45) is 0 Å². The molecule has 24 heteroatoms. The summed E-state index contributed by atoms with van der Waals surface area (Å²) >= 11 is 0. The van der Waals surface area contributed by atoms with Crippen LogP contribution >= 0.6 is 21.4 Å². The number of rotatable bonds is 11. The SMILES string of the molecule is CN(c1ccc(OCc2ccccc2)cc1)S(=O)(=O)c1ccccc1.Cc1cccc(CS(=O)(=O)c2ccccc2)c1.O=C=O.O=C=O.O=C=O.O=C=O.O=S(=O)(Cl)c1ccccc1.O=S(=O)(Cl)c1ccccc1. The van der Waals surface area contributed by atoms with Crippen LogP contribution in [0.15, 0.2) is 220 Å². The fraction of sp³-hybridized carbons (Fsp3) is 0.0800. The Morgan fingerprint density at radius 3 is 1.08 bits per heavy atom. The molecule has 0 N–H and O–H groups in total. The highest BCUT2D eigenvalue weighted by atomic mass is 35.7. The summed E-state index contributed by atoms with van der Waals surface area (Å²) in [5.74, 6) is 0.747. The van der Waals surface area contributed by atoms with Crippen molar-refractivity contribution in [2.45, 2.75) is 38.9 Å². The van der Waals surface area contributed by atoms with Crippen molar-refractivity contribution < 1.29 is 76.8 Å². The van der Waals surface area contributed by atoms with Crippen molar-refractivity contribution in [3.63, 3.8) is 0 Å². The fourth-order valence-electron chi connectivity index (χ4n) is 5.28. The van der Waals surface area contributed by atoms with E-state index in [1.807, 2.05) is 67.6 Å². The number of carbonyl (C=O) groups excluding carboxylic acids is 8. The summed E-state index contributed by atoms with van der Waals surface area (Å²) in [4.78, 5) is 65.9. The molecule has 0 aromatic heterocycles. The smallest absolute Gasteiger partial charge is 0.373 e. The van der Waals surface area contributed by atoms with Crippen molar-refractivity contribution in [1.29, 1.82) is 0 Å². The zero-order chi connectivity index (χ0) is 56.1. The number of hydrogen-bond acceptors (Lipinski definition) is 17. The molecule has 18 nitrogen and oxygen atoms in total. The van der Waals surface area contributed by atoms with E-state index >= 15 is 0 Å². The van der Waals surface area contributed by atoms with E-state index in [1.165, 1.54) is 28.6 Å². The van der Waals surface area contributed by atoms with E-state index in [2.05, 4.69) is 0 Å². The first-order valence-electron chi connectivity index (χ1n) is 20.1. The average Bonchev–Trinajstić information content (AvgIpc) is 3.38. The molecular formula is C50H43Cl2NO17S4. The lowest BCUT2D eigenvalue weighted by Crippen LogP contribution is -2.26. The first-order valence-corrected chi connectivity index (χ1v) is 27.8. The molecule has 7 aromatic carbocycles. The van der Waals surface area contributed by atoms with E-state index in [4.69, 9.17) is 64.5 Å². The molecule has 0 fully saturated rings. The molecule has 0 amide bonds. The molecular weight excluding hydrogens is 1090 g/mol. The first-order chi connectivity index (χ1) is 35.0. The highest BCUT2D eigenvalue weighted by molar-refractivity contribution is 8.14. The van der Waals surface area contributed by atoms with Gasteiger partial charge in [-0.15, -0.1) is 0 Å². The third kappa shape index (κ3) is 27.6. The van der Waals surface area contributed by atoms with Crippen molar-refractivity contribution in [3.8, 4) is 5.75 Å². The van der Waals surface area contributed by atoms with Crippen LogP contribution in [0.25, 0.3) is 0 Å². The van der Waals surface area contributed by atoms with Crippen LogP contribution in [0, 0.1) is 6.92 Å². The largest absolute Gasteiger partial charge is 0.489 e. The van der Waals surface area contributed by atoms with Gasteiger partial charge in [-0.3, -0.25) is 4.31 Å². The highest BCUT2D eigenvalue weighted by Gasteiger charge is 2.21. The molecule has 0 heterocycles. The molecule has 0 aliphatic carbocycles. The summed E-state index contributed by atoms with van der Waals surface area (Å²) in [7, 11) is -2.25. The van der Waals surface area contributed by atoms with Gasteiger partial charge in [-0.1, -0.05) is 133 Å². The summed E-state index contributed by atoms with van der Waals surface area (Å²) in [5, 5.41) is 0. The van der Waals surface area contributed by atoms with Gasteiger partial charge in [0.15, 0.2) is 9.84 Å². The summed E-state index contributed by atoms with van der Waals surface area (Å²) in [6.07, 6.45) is 1.00. The van der Waals surface area contributed by atoms with E-state index < -0.39 is 38.0 Å². The second-order valence-electron chi connectivity index (χ2n) is 13.5. The van der Waals surface area contributed by atoms with Crippen LogP contribution in [0.3, 0.4) is 0 Å². The van der Waals surface area contributed by atoms with Crippen molar-refractivity contribution in [3.05, 3.63) is 217 Å². The van der Waals surface area contributed by atoms with Crippen molar-refractivity contribution in [2.75, 3.05) is 11.4 Å². The standard InChI is InChI=1S/C20H19NO3S.C14H14O2S.2C6H5ClO2S.4CO2/c1-21(25(22,23)20-10-6-3-7-11-20)18-12-14-19(15-13-18)24-16-17-8-4-2-5-9-17;1-12-6-5-7-13(10-12)11-17(15,16)14-8-3-2-4-9-14;2*7-10(8,9)6-4-2-1-3-5-6;4*2-1-3/h2-15H,16H2,1H3;2-10H,11H2,1H3;2*1-5H;;;;. The molecule has 388 valence electrons. The van der Waals surface area contributed by atoms with Gasteiger partial charge in [0.05, 0.1) is 31.0 Å². The number of benzene rings is 7. The molecule has 7 rings (SSSR count). The maximum Gasteiger partial charge on any atom is 0.373 e. The second kappa shape index (κ2) is 36.0. The number of ether oxygens (including phenoxy) is 1. The summed E-state index contributed by atoms with van der Waals surface area (Å²) in [6.45, 7) is 2.43. The Balaban J connectivity index is 0.000000943. The van der Waals surface area contributed by atoms with Gasteiger partial charge in [-0.25, -0.2) is 33.7 Å². The predicted octanol–water partition coefficient (Wildman–Crippen LogP) is 7.95. The molecule has 0 atom stereocenters. The molecule has 0 saturated heterocycles. The topological polar surface area (TPSA) is 286 Å². The monoisotopic (exact) mass is 1130 g/mol. The molecule has 0 saturated carbocycles.